The minimum absolute atomic E-state index is 0.814. The Kier molecular flexibility index (Phi) is 6.05. The molecule has 9 aromatic rings. The zero-order valence-corrected chi connectivity index (χ0v) is 26.7. The first kappa shape index (κ1) is 27.1. The van der Waals surface area contributed by atoms with E-state index in [1.807, 2.05) is 17.4 Å². The first-order valence-electron chi connectivity index (χ1n) is 16.2. The van der Waals surface area contributed by atoms with Crippen LogP contribution in [0.3, 0.4) is 0 Å². The molecule has 1 aromatic heterocycles. The molecule has 2 heterocycles. The molecule has 0 N–H and O–H groups in total. The first-order valence-corrected chi connectivity index (χ1v) is 17.0. The molecule has 10 rings (SSSR count). The molecule has 3 nitrogen and oxygen atoms in total. The third kappa shape index (κ3) is 4.34. The average molecular weight is 633 g/mol. The molecular weight excluding hydrogens is 605 g/mol. The van der Waals surface area contributed by atoms with Crippen molar-refractivity contribution in [2.75, 3.05) is 9.80 Å². The Morgan fingerprint density at radius 2 is 1.00 bits per heavy atom. The maximum absolute atomic E-state index is 6.70. The van der Waals surface area contributed by atoms with E-state index in [1.54, 1.807) is 0 Å². The molecule has 1 aliphatic heterocycles. The molecule has 0 radical (unpaired) electrons. The molecule has 226 valence electrons. The molecule has 0 saturated carbocycles. The molecule has 0 amide bonds. The van der Waals surface area contributed by atoms with Gasteiger partial charge in [-0.1, -0.05) is 97.1 Å². The van der Waals surface area contributed by atoms with Crippen molar-refractivity contribution in [2.24, 2.45) is 0 Å². The Morgan fingerprint density at radius 1 is 0.417 bits per heavy atom. The van der Waals surface area contributed by atoms with Gasteiger partial charge in [-0.25, -0.2) is 0 Å². The predicted molar refractivity (Wildman–Crippen MR) is 204 cm³/mol. The standard InChI is InChI=1S/C44H28N2OS/c1-3-11-31-25-33(19-17-29(31)9-1)45(34-20-18-30-10-2-4-12-32(30)26-34)35-22-24-40-42(27-35)47-41-15-7-6-14-39(41)46(40)36-21-23-38-37-13-5-8-16-43(37)48-44(38)28-36/h1-28H. The second-order valence-electron chi connectivity index (χ2n) is 12.2. The van der Waals surface area contributed by atoms with Crippen molar-refractivity contribution < 1.29 is 4.74 Å². The quantitative estimate of drug-likeness (QED) is 0.192. The van der Waals surface area contributed by atoms with E-state index in [0.29, 0.717) is 0 Å². The van der Waals surface area contributed by atoms with Crippen LogP contribution < -0.4 is 14.5 Å². The van der Waals surface area contributed by atoms with Gasteiger partial charge in [0.25, 0.3) is 0 Å². The van der Waals surface area contributed by atoms with E-state index in [1.165, 1.54) is 41.7 Å². The Labute approximate surface area is 282 Å². The van der Waals surface area contributed by atoms with Crippen molar-refractivity contribution in [3.63, 3.8) is 0 Å². The third-order valence-electron chi connectivity index (χ3n) is 9.37. The molecule has 0 unspecified atom stereocenters. The summed E-state index contributed by atoms with van der Waals surface area (Å²) in [5.41, 5.74) is 6.35. The van der Waals surface area contributed by atoms with Gasteiger partial charge in [0.1, 0.15) is 0 Å². The molecule has 8 aromatic carbocycles. The molecule has 4 heteroatoms. The molecule has 0 spiro atoms. The maximum atomic E-state index is 6.70. The van der Waals surface area contributed by atoms with Crippen LogP contribution in [0.5, 0.6) is 11.5 Å². The van der Waals surface area contributed by atoms with Crippen LogP contribution in [0.2, 0.25) is 0 Å². The molecule has 1 aliphatic rings. The number of benzene rings is 8. The molecule has 0 atom stereocenters. The van der Waals surface area contributed by atoms with Gasteiger partial charge in [0.05, 0.1) is 11.4 Å². The van der Waals surface area contributed by atoms with Crippen molar-refractivity contribution in [1.82, 2.24) is 0 Å². The van der Waals surface area contributed by atoms with Gasteiger partial charge in [0.2, 0.25) is 0 Å². The fraction of sp³-hybridized carbons (Fsp3) is 0. The highest BCUT2D eigenvalue weighted by Crippen LogP contribution is 2.53. The van der Waals surface area contributed by atoms with E-state index in [0.717, 1.165) is 45.6 Å². The number of nitrogens with zero attached hydrogens (tertiary/aromatic N) is 2. The van der Waals surface area contributed by atoms with E-state index in [-0.39, 0.29) is 0 Å². The fourth-order valence-electron chi connectivity index (χ4n) is 7.10. The van der Waals surface area contributed by atoms with Gasteiger partial charge >= 0.3 is 0 Å². The number of hydrogen-bond acceptors (Lipinski definition) is 4. The zero-order chi connectivity index (χ0) is 31.6. The zero-order valence-electron chi connectivity index (χ0n) is 25.9. The SMILES string of the molecule is c1ccc2c(c1)Oc1cc(N(c3ccc4ccccc4c3)c3ccc4ccccc4c3)ccc1N2c1ccc2c(c1)sc1ccccc12. The highest BCUT2D eigenvalue weighted by Gasteiger charge is 2.27. The molecule has 0 bridgehead atoms. The van der Waals surface area contributed by atoms with Crippen LogP contribution in [-0.4, -0.2) is 0 Å². The summed E-state index contributed by atoms with van der Waals surface area (Å²) in [4.78, 5) is 4.66. The highest BCUT2D eigenvalue weighted by molar-refractivity contribution is 7.25. The topological polar surface area (TPSA) is 15.7 Å². The van der Waals surface area contributed by atoms with Crippen LogP contribution in [0.1, 0.15) is 0 Å². The van der Waals surface area contributed by atoms with Crippen LogP contribution >= 0.6 is 11.3 Å². The Morgan fingerprint density at radius 3 is 1.77 bits per heavy atom. The Balaban J connectivity index is 1.15. The van der Waals surface area contributed by atoms with Gasteiger partial charge in [-0.3, -0.25) is 0 Å². The van der Waals surface area contributed by atoms with Gasteiger partial charge in [-0.05, 0) is 88.3 Å². The van der Waals surface area contributed by atoms with Crippen LogP contribution in [0.4, 0.5) is 34.1 Å². The van der Waals surface area contributed by atoms with Crippen molar-refractivity contribution in [2.45, 2.75) is 0 Å². The smallest absolute Gasteiger partial charge is 0.153 e. The van der Waals surface area contributed by atoms with Crippen LogP contribution in [0.25, 0.3) is 41.7 Å². The average Bonchev–Trinajstić information content (AvgIpc) is 3.52. The lowest BCUT2D eigenvalue weighted by atomic mass is 10.1. The number of fused-ring (bicyclic) bond motifs is 7. The van der Waals surface area contributed by atoms with Crippen molar-refractivity contribution in [3.8, 4) is 11.5 Å². The number of hydrogen-bond donors (Lipinski definition) is 0. The van der Waals surface area contributed by atoms with Crippen molar-refractivity contribution in [3.05, 3.63) is 170 Å². The number of thiophene rings is 1. The van der Waals surface area contributed by atoms with E-state index in [9.17, 15) is 0 Å². The molecule has 0 aliphatic carbocycles. The second-order valence-corrected chi connectivity index (χ2v) is 13.3. The van der Waals surface area contributed by atoms with E-state index in [2.05, 4.69) is 174 Å². The summed E-state index contributed by atoms with van der Waals surface area (Å²) in [5, 5.41) is 7.43. The van der Waals surface area contributed by atoms with Crippen LogP contribution in [0.15, 0.2) is 170 Å². The largest absolute Gasteiger partial charge is 0.453 e. The summed E-state index contributed by atoms with van der Waals surface area (Å²) in [6.45, 7) is 0. The molecular formula is C44H28N2OS. The van der Waals surface area contributed by atoms with E-state index >= 15 is 0 Å². The molecule has 0 saturated heterocycles. The summed E-state index contributed by atoms with van der Waals surface area (Å²) in [5.74, 6) is 1.65. The Bertz CT molecular complexity index is 2610. The van der Waals surface area contributed by atoms with Crippen LogP contribution in [0, 0.1) is 0 Å². The predicted octanol–water partition coefficient (Wildman–Crippen LogP) is 13.4. The van der Waals surface area contributed by atoms with Gasteiger partial charge in [-0.15, -0.1) is 11.3 Å². The molecule has 0 fully saturated rings. The van der Waals surface area contributed by atoms with Gasteiger partial charge in [0.15, 0.2) is 11.5 Å². The summed E-state index contributed by atoms with van der Waals surface area (Å²) < 4.78 is 9.28. The third-order valence-corrected chi connectivity index (χ3v) is 10.5. The summed E-state index contributed by atoms with van der Waals surface area (Å²) in [6, 6.07) is 60.8. The summed E-state index contributed by atoms with van der Waals surface area (Å²) in [7, 11) is 0. The van der Waals surface area contributed by atoms with E-state index in [4.69, 9.17) is 4.74 Å². The first-order chi connectivity index (χ1) is 23.8. The van der Waals surface area contributed by atoms with Crippen molar-refractivity contribution in [1.29, 1.82) is 0 Å². The number of anilines is 6. The number of ether oxygens (including phenoxy) is 1. The maximum Gasteiger partial charge on any atom is 0.153 e. The summed E-state index contributed by atoms with van der Waals surface area (Å²) >= 11 is 1.84. The number of para-hydroxylation sites is 2. The van der Waals surface area contributed by atoms with Gasteiger partial charge < -0.3 is 14.5 Å². The lowest BCUT2D eigenvalue weighted by molar-refractivity contribution is 0.477. The lowest BCUT2D eigenvalue weighted by Crippen LogP contribution is -2.17. The number of rotatable bonds is 4. The minimum atomic E-state index is 0.814. The minimum Gasteiger partial charge on any atom is -0.453 e. The monoisotopic (exact) mass is 632 g/mol. The second kappa shape index (κ2) is 10.7. The highest BCUT2D eigenvalue weighted by atomic mass is 32.1. The van der Waals surface area contributed by atoms with Gasteiger partial charge in [0, 0.05) is 49.0 Å². The van der Waals surface area contributed by atoms with Crippen LogP contribution in [-0.2, 0) is 0 Å². The Hall–Kier alpha value is -6.10. The van der Waals surface area contributed by atoms with E-state index < -0.39 is 0 Å². The summed E-state index contributed by atoms with van der Waals surface area (Å²) in [6.07, 6.45) is 0. The molecule has 48 heavy (non-hydrogen) atoms. The lowest BCUT2D eigenvalue weighted by Gasteiger charge is -2.34. The normalized spacial score (nSPS) is 12.3. The fourth-order valence-corrected chi connectivity index (χ4v) is 8.23. The van der Waals surface area contributed by atoms with Crippen molar-refractivity contribution >= 4 is 87.2 Å². The van der Waals surface area contributed by atoms with Gasteiger partial charge in [-0.2, -0.15) is 0 Å².